The molecule has 2 aromatic carbocycles. The second-order valence-electron chi connectivity index (χ2n) is 24.3. The minimum absolute atomic E-state index is 0.0717. The van der Waals surface area contributed by atoms with Crippen molar-refractivity contribution in [1.82, 2.24) is 0 Å². The van der Waals surface area contributed by atoms with Crippen LogP contribution in [0.15, 0.2) is 78.9 Å². The van der Waals surface area contributed by atoms with Crippen molar-refractivity contribution in [3.05, 3.63) is 84.5 Å². The van der Waals surface area contributed by atoms with Crippen LogP contribution in [0.1, 0.15) is 134 Å². The summed E-state index contributed by atoms with van der Waals surface area (Å²) in [5.74, 6) is -0.0830. The van der Waals surface area contributed by atoms with E-state index in [9.17, 15) is 14.7 Å². The molecule has 10 aliphatic heterocycles. The van der Waals surface area contributed by atoms with Crippen molar-refractivity contribution in [1.29, 1.82) is 0 Å². The predicted molar refractivity (Wildman–Crippen MR) is 272 cm³/mol. The highest BCUT2D eigenvalue weighted by atomic mass is 16.6. The second kappa shape index (κ2) is 21.0. The number of carbonyl (C=O) groups is 2. The SMILES string of the molecule is C=C(COC(=O)c1ccc2ccccc2c1)C[C@@H]1C[C@H](O)[C@@H]2O[C@@H]3C[C@]4(C)O[C@@H]5C=CC[C@@H]6O[C@H]7C(C/C=C\CC6OC5CCCC4OC3CC2O1)OC1CC2OC3CC(=O)O[C@H]3C[C@@H](C)C[C@@]2(C)O[C@H]1C[C@@H]7C. The maximum absolute atomic E-state index is 13.0. The Hall–Kier alpha value is -3.54. The number of benzene rings is 2. The van der Waals surface area contributed by atoms with Crippen molar-refractivity contribution in [2.45, 2.75) is 245 Å². The zero-order valence-corrected chi connectivity index (χ0v) is 43.7. The molecule has 2 aromatic rings. The zero-order valence-electron chi connectivity index (χ0n) is 43.7. The molecule has 0 saturated carbocycles. The monoisotopic (exact) mass is 1020 g/mol. The van der Waals surface area contributed by atoms with Gasteiger partial charge in [-0.25, -0.2) is 4.79 Å². The molecule has 10 aliphatic rings. The lowest BCUT2D eigenvalue weighted by Gasteiger charge is -2.55. The Morgan fingerprint density at radius 3 is 2.28 bits per heavy atom. The highest BCUT2D eigenvalue weighted by Gasteiger charge is 2.57. The Labute approximate surface area is 436 Å². The molecule has 0 aliphatic carbocycles. The number of ether oxygens (including phenoxy) is 11. The first-order chi connectivity index (χ1) is 35.7. The first-order valence-corrected chi connectivity index (χ1v) is 28.2. The second-order valence-corrected chi connectivity index (χ2v) is 24.3. The Kier molecular flexibility index (Phi) is 14.5. The number of carbonyl (C=O) groups excluding carboxylic acids is 2. The molecule has 12 rings (SSSR count). The molecule has 9 unspecified atom stereocenters. The molecule has 0 bridgehead atoms. The van der Waals surface area contributed by atoms with E-state index in [1.54, 1.807) is 6.07 Å². The maximum atomic E-state index is 13.0. The van der Waals surface area contributed by atoms with Crippen LogP contribution in [0.25, 0.3) is 10.8 Å². The summed E-state index contributed by atoms with van der Waals surface area (Å²) >= 11 is 0. The smallest absolute Gasteiger partial charge is 0.338 e. The van der Waals surface area contributed by atoms with Gasteiger partial charge in [-0.15, -0.1) is 0 Å². The lowest BCUT2D eigenvalue weighted by Crippen LogP contribution is -2.65. The highest BCUT2D eigenvalue weighted by molar-refractivity contribution is 5.95. The van der Waals surface area contributed by atoms with Gasteiger partial charge in [0.25, 0.3) is 0 Å². The lowest BCUT2D eigenvalue weighted by atomic mass is 9.78. The van der Waals surface area contributed by atoms with E-state index in [2.05, 4.69) is 58.6 Å². The third-order valence-electron chi connectivity index (χ3n) is 18.4. The molecule has 8 saturated heterocycles. The molecule has 0 spiro atoms. The highest BCUT2D eigenvalue weighted by Crippen LogP contribution is 2.49. The van der Waals surface area contributed by atoms with Crippen LogP contribution in [0.4, 0.5) is 0 Å². The van der Waals surface area contributed by atoms with Gasteiger partial charge in [-0.1, -0.05) is 75.1 Å². The van der Waals surface area contributed by atoms with E-state index < -0.39 is 29.4 Å². The molecular formula is C60H78O14. The van der Waals surface area contributed by atoms with Gasteiger partial charge in [0, 0.05) is 25.7 Å². The molecule has 402 valence electrons. The fourth-order valence-corrected chi connectivity index (χ4v) is 14.8. The maximum Gasteiger partial charge on any atom is 0.338 e. The first-order valence-electron chi connectivity index (χ1n) is 28.2. The molecule has 0 amide bonds. The van der Waals surface area contributed by atoms with Crippen molar-refractivity contribution < 1.29 is 66.8 Å². The average Bonchev–Trinajstić information content (AvgIpc) is 3.67. The summed E-state index contributed by atoms with van der Waals surface area (Å²) < 4.78 is 74.5. The Morgan fingerprint density at radius 1 is 0.676 bits per heavy atom. The summed E-state index contributed by atoms with van der Waals surface area (Å²) in [6.45, 7) is 13.2. The first kappa shape index (κ1) is 51.2. The van der Waals surface area contributed by atoms with Gasteiger partial charge in [0.2, 0.25) is 0 Å². The molecule has 14 nitrogen and oxygen atoms in total. The zero-order chi connectivity index (χ0) is 50.9. The summed E-state index contributed by atoms with van der Waals surface area (Å²) in [4.78, 5) is 25.3. The largest absolute Gasteiger partial charge is 0.459 e. The van der Waals surface area contributed by atoms with E-state index in [4.69, 9.17) is 52.1 Å². The van der Waals surface area contributed by atoms with Crippen LogP contribution in [0, 0.1) is 11.8 Å². The normalized spacial score (nSPS) is 46.5. The van der Waals surface area contributed by atoms with Crippen LogP contribution in [0.2, 0.25) is 0 Å². The third kappa shape index (κ3) is 10.5. The third-order valence-corrected chi connectivity index (χ3v) is 18.4. The van der Waals surface area contributed by atoms with Crippen LogP contribution in [-0.4, -0.2) is 145 Å². The number of aliphatic hydroxyl groups excluding tert-OH is 1. The standard InChI is InChI=1S/C60H78O14/c1-33-23-46-49(29-55(62)70-46)69-54-28-48-50(74-59(54,4)30-33)24-35(3)56-45(67-48)15-9-8-14-41-42(71-56)16-10-18-44-43(66-41)17-11-19-53-60(5,73-44)31-52-47(68-53)27-51-57(72-52)40(61)26-39(65-51)22-34(2)32-64-58(63)38-21-20-36-12-6-7-13-37(36)25-38/h6-10,12-13,18,20-21,25,33,35,39-54,56-57,61H,2,11,14-17,19,22-24,26-32H2,1,3-5H3/b9-8-,18-10?/t33-,35+,39-,40+,41?,42+,43?,44-,45?,46+,47?,48?,49?,50+,51?,52-,53?,54?,56-,57+,59-,60+/m1/s1. The van der Waals surface area contributed by atoms with E-state index in [-0.39, 0.29) is 123 Å². The van der Waals surface area contributed by atoms with Crippen molar-refractivity contribution in [3.8, 4) is 0 Å². The quantitative estimate of drug-likeness (QED) is 0.224. The number of fused-ring (bicyclic) bond motifs is 10. The van der Waals surface area contributed by atoms with Crippen LogP contribution in [0.5, 0.6) is 0 Å². The van der Waals surface area contributed by atoms with Gasteiger partial charge < -0.3 is 57.2 Å². The Morgan fingerprint density at radius 2 is 1.42 bits per heavy atom. The Bertz CT molecular complexity index is 2440. The van der Waals surface area contributed by atoms with Crippen molar-refractivity contribution in [2.24, 2.45) is 11.8 Å². The summed E-state index contributed by atoms with van der Waals surface area (Å²) in [5.41, 5.74) is 0.0785. The summed E-state index contributed by atoms with van der Waals surface area (Å²) in [6.07, 6.45) is 14.6. The minimum Gasteiger partial charge on any atom is -0.459 e. The summed E-state index contributed by atoms with van der Waals surface area (Å²) in [6, 6.07) is 13.5. The van der Waals surface area contributed by atoms with E-state index >= 15 is 0 Å². The topological polar surface area (TPSA) is 156 Å². The van der Waals surface area contributed by atoms with E-state index in [0.717, 1.165) is 67.7 Å². The Balaban J connectivity index is 0.669. The molecule has 1 N–H and O–H groups in total. The summed E-state index contributed by atoms with van der Waals surface area (Å²) in [7, 11) is 0. The molecule has 8 fully saturated rings. The molecule has 10 heterocycles. The van der Waals surface area contributed by atoms with Gasteiger partial charge in [0.1, 0.15) is 31.0 Å². The number of aliphatic hydroxyl groups is 1. The average molecular weight is 1020 g/mol. The van der Waals surface area contributed by atoms with Gasteiger partial charge >= 0.3 is 11.9 Å². The van der Waals surface area contributed by atoms with Crippen molar-refractivity contribution in [2.75, 3.05) is 6.61 Å². The van der Waals surface area contributed by atoms with E-state index in [1.807, 2.05) is 36.4 Å². The van der Waals surface area contributed by atoms with Crippen LogP contribution < -0.4 is 0 Å². The molecule has 22 atom stereocenters. The predicted octanol–water partition coefficient (Wildman–Crippen LogP) is 8.76. The van der Waals surface area contributed by atoms with Gasteiger partial charge in [-0.3, -0.25) is 4.79 Å². The van der Waals surface area contributed by atoms with Crippen molar-refractivity contribution in [3.63, 3.8) is 0 Å². The minimum atomic E-state index is -0.731. The van der Waals surface area contributed by atoms with E-state index in [0.29, 0.717) is 50.0 Å². The number of esters is 2. The molecular weight excluding hydrogens is 945 g/mol. The lowest BCUT2D eigenvalue weighted by molar-refractivity contribution is -0.316. The van der Waals surface area contributed by atoms with Crippen LogP contribution >= 0.6 is 0 Å². The molecule has 0 aromatic heterocycles. The van der Waals surface area contributed by atoms with Crippen LogP contribution in [-0.2, 0) is 56.9 Å². The van der Waals surface area contributed by atoms with E-state index in [1.165, 1.54) is 0 Å². The van der Waals surface area contributed by atoms with Gasteiger partial charge in [0.15, 0.2) is 0 Å². The molecule has 0 radical (unpaired) electrons. The fraction of sp³-hybridized carbons (Fsp3) is 0.700. The number of rotatable bonds is 5. The summed E-state index contributed by atoms with van der Waals surface area (Å²) in [5, 5.41) is 13.6. The number of hydrogen-bond acceptors (Lipinski definition) is 14. The molecule has 74 heavy (non-hydrogen) atoms. The molecule has 14 heteroatoms. The van der Waals surface area contributed by atoms with Gasteiger partial charge in [0.05, 0.1) is 109 Å². The van der Waals surface area contributed by atoms with Gasteiger partial charge in [-0.2, -0.15) is 0 Å². The van der Waals surface area contributed by atoms with Gasteiger partial charge in [-0.05, 0) is 118 Å². The number of hydrogen-bond donors (Lipinski definition) is 1. The fourth-order valence-electron chi connectivity index (χ4n) is 14.8. The van der Waals surface area contributed by atoms with Crippen LogP contribution in [0.3, 0.4) is 0 Å². The van der Waals surface area contributed by atoms with Crippen molar-refractivity contribution >= 4 is 22.7 Å².